The van der Waals surface area contributed by atoms with Gasteiger partial charge >= 0.3 is 0 Å². The topological polar surface area (TPSA) is 44.7 Å². The van der Waals surface area contributed by atoms with Crippen LogP contribution in [0.3, 0.4) is 0 Å². The fourth-order valence-corrected chi connectivity index (χ4v) is 2.00. The third-order valence-electron chi connectivity index (χ3n) is 2.96. The summed E-state index contributed by atoms with van der Waals surface area (Å²) in [6.45, 7) is 8.62. The molecule has 0 aromatic rings. The molecule has 1 heterocycles. The van der Waals surface area contributed by atoms with Crippen LogP contribution in [0.4, 0.5) is 0 Å². The van der Waals surface area contributed by atoms with Crippen molar-refractivity contribution < 1.29 is 9.84 Å². The first-order valence-corrected chi connectivity index (χ1v) is 6.47. The van der Waals surface area contributed by atoms with Crippen molar-refractivity contribution in [2.45, 2.75) is 32.2 Å². The smallest absolute Gasteiger partial charge is 0.0594 e. The third kappa shape index (κ3) is 6.43. The van der Waals surface area contributed by atoms with Crippen LogP contribution in [-0.2, 0) is 4.74 Å². The second-order valence-corrected chi connectivity index (χ2v) is 4.55. The summed E-state index contributed by atoms with van der Waals surface area (Å²) >= 11 is 0. The van der Waals surface area contributed by atoms with Crippen LogP contribution < -0.4 is 5.32 Å². The lowest BCUT2D eigenvalue weighted by molar-refractivity contribution is 0.0344. The molecule has 0 spiro atoms. The Morgan fingerprint density at radius 3 is 2.69 bits per heavy atom. The van der Waals surface area contributed by atoms with Crippen molar-refractivity contribution in [3.63, 3.8) is 0 Å². The van der Waals surface area contributed by atoms with Crippen molar-refractivity contribution in [1.29, 1.82) is 0 Å². The first-order chi connectivity index (χ1) is 7.83. The van der Waals surface area contributed by atoms with Crippen LogP contribution in [0.15, 0.2) is 0 Å². The van der Waals surface area contributed by atoms with Gasteiger partial charge in [0, 0.05) is 32.3 Å². The van der Waals surface area contributed by atoms with Crippen LogP contribution in [0, 0.1) is 0 Å². The monoisotopic (exact) mass is 230 g/mol. The Bertz CT molecular complexity index is 161. The molecule has 1 fully saturated rings. The van der Waals surface area contributed by atoms with E-state index in [1.807, 2.05) is 0 Å². The lowest BCUT2D eigenvalue weighted by atomic mass is 10.2. The molecule has 0 aliphatic carbocycles. The molecule has 0 aromatic carbocycles. The first-order valence-electron chi connectivity index (χ1n) is 6.47. The molecule has 1 unspecified atom stereocenters. The average Bonchev–Trinajstić information content (AvgIpc) is 2.30. The molecule has 2 N–H and O–H groups in total. The molecule has 4 nitrogen and oxygen atoms in total. The summed E-state index contributed by atoms with van der Waals surface area (Å²) < 4.78 is 5.32. The highest BCUT2D eigenvalue weighted by Crippen LogP contribution is 1.99. The number of nitrogens with one attached hydrogen (secondary N) is 1. The minimum atomic E-state index is 0.323. The van der Waals surface area contributed by atoms with Crippen LogP contribution in [0.1, 0.15) is 26.2 Å². The normalized spacial score (nSPS) is 19.9. The zero-order valence-electron chi connectivity index (χ0n) is 10.5. The van der Waals surface area contributed by atoms with E-state index in [4.69, 9.17) is 9.84 Å². The molecule has 16 heavy (non-hydrogen) atoms. The number of rotatable bonds is 8. The second kappa shape index (κ2) is 8.93. The maximum absolute atomic E-state index is 8.65. The van der Waals surface area contributed by atoms with E-state index >= 15 is 0 Å². The first kappa shape index (κ1) is 13.9. The van der Waals surface area contributed by atoms with Gasteiger partial charge in [-0.15, -0.1) is 0 Å². The summed E-state index contributed by atoms with van der Waals surface area (Å²) in [5.74, 6) is 0. The van der Waals surface area contributed by atoms with Gasteiger partial charge in [0.2, 0.25) is 0 Å². The molecule has 1 aliphatic heterocycles. The summed E-state index contributed by atoms with van der Waals surface area (Å²) in [6.07, 6.45) is 3.21. The van der Waals surface area contributed by atoms with E-state index in [-0.39, 0.29) is 0 Å². The molecule has 0 amide bonds. The predicted octanol–water partition coefficient (Wildman–Crippen LogP) is 0.459. The minimum absolute atomic E-state index is 0.323. The summed E-state index contributed by atoms with van der Waals surface area (Å²) in [5, 5.41) is 12.2. The van der Waals surface area contributed by atoms with Gasteiger partial charge in [-0.1, -0.05) is 0 Å². The SMILES string of the molecule is CC(CN1CCOCC1)NCCCCCO. The van der Waals surface area contributed by atoms with Gasteiger partial charge in [-0.05, 0) is 32.7 Å². The molecule has 0 radical (unpaired) electrons. The van der Waals surface area contributed by atoms with E-state index in [0.717, 1.165) is 58.7 Å². The van der Waals surface area contributed by atoms with Crippen molar-refractivity contribution in [2.75, 3.05) is 46.0 Å². The van der Waals surface area contributed by atoms with E-state index in [1.54, 1.807) is 0 Å². The number of morpholine rings is 1. The molecule has 1 atom stereocenters. The third-order valence-corrected chi connectivity index (χ3v) is 2.96. The van der Waals surface area contributed by atoms with E-state index in [1.165, 1.54) is 0 Å². The van der Waals surface area contributed by atoms with E-state index in [0.29, 0.717) is 12.6 Å². The Kier molecular flexibility index (Phi) is 7.76. The largest absolute Gasteiger partial charge is 0.396 e. The Balaban J connectivity index is 1.95. The van der Waals surface area contributed by atoms with Crippen LogP contribution in [0.5, 0.6) is 0 Å². The summed E-state index contributed by atoms with van der Waals surface area (Å²) in [5.41, 5.74) is 0. The molecule has 1 saturated heterocycles. The van der Waals surface area contributed by atoms with E-state index < -0.39 is 0 Å². The van der Waals surface area contributed by atoms with Crippen LogP contribution >= 0.6 is 0 Å². The van der Waals surface area contributed by atoms with Gasteiger partial charge in [0.05, 0.1) is 13.2 Å². The van der Waals surface area contributed by atoms with Crippen molar-refractivity contribution in [1.82, 2.24) is 10.2 Å². The van der Waals surface area contributed by atoms with E-state index in [2.05, 4.69) is 17.1 Å². The van der Waals surface area contributed by atoms with Gasteiger partial charge in [-0.3, -0.25) is 4.90 Å². The van der Waals surface area contributed by atoms with Crippen LogP contribution in [0.2, 0.25) is 0 Å². The number of aliphatic hydroxyl groups excluding tert-OH is 1. The van der Waals surface area contributed by atoms with Gasteiger partial charge in [0.1, 0.15) is 0 Å². The molecule has 96 valence electrons. The second-order valence-electron chi connectivity index (χ2n) is 4.55. The Hall–Kier alpha value is -0.160. The van der Waals surface area contributed by atoms with Crippen LogP contribution in [0.25, 0.3) is 0 Å². The molecule has 1 rings (SSSR count). The molecule has 1 aliphatic rings. The highest BCUT2D eigenvalue weighted by molar-refractivity contribution is 4.69. The zero-order valence-corrected chi connectivity index (χ0v) is 10.5. The molecule has 0 aromatic heterocycles. The number of hydrogen-bond donors (Lipinski definition) is 2. The zero-order chi connectivity index (χ0) is 11.6. The minimum Gasteiger partial charge on any atom is -0.396 e. The maximum atomic E-state index is 8.65. The quantitative estimate of drug-likeness (QED) is 0.595. The molecule has 4 heteroatoms. The fourth-order valence-electron chi connectivity index (χ4n) is 2.00. The predicted molar refractivity (Wildman–Crippen MR) is 65.7 cm³/mol. The molecule has 0 bridgehead atoms. The van der Waals surface area contributed by atoms with Gasteiger partial charge in [0.15, 0.2) is 0 Å². The summed E-state index contributed by atoms with van der Waals surface area (Å²) in [4.78, 5) is 2.45. The van der Waals surface area contributed by atoms with Crippen molar-refractivity contribution in [3.8, 4) is 0 Å². The number of aliphatic hydroxyl groups is 1. The molecular weight excluding hydrogens is 204 g/mol. The highest BCUT2D eigenvalue weighted by atomic mass is 16.5. The Labute approximate surface area is 99.0 Å². The van der Waals surface area contributed by atoms with Gasteiger partial charge in [-0.25, -0.2) is 0 Å². The van der Waals surface area contributed by atoms with Crippen molar-refractivity contribution in [3.05, 3.63) is 0 Å². The highest BCUT2D eigenvalue weighted by Gasteiger charge is 2.12. The van der Waals surface area contributed by atoms with Gasteiger partial charge in [-0.2, -0.15) is 0 Å². The lowest BCUT2D eigenvalue weighted by Crippen LogP contribution is -2.44. The summed E-state index contributed by atoms with van der Waals surface area (Å²) in [6, 6.07) is 0.548. The summed E-state index contributed by atoms with van der Waals surface area (Å²) in [7, 11) is 0. The number of nitrogens with zero attached hydrogens (tertiary/aromatic N) is 1. The van der Waals surface area contributed by atoms with Crippen molar-refractivity contribution >= 4 is 0 Å². The molecule has 0 saturated carbocycles. The number of hydrogen-bond acceptors (Lipinski definition) is 4. The van der Waals surface area contributed by atoms with Crippen LogP contribution in [-0.4, -0.2) is 62.0 Å². The van der Waals surface area contributed by atoms with Gasteiger partial charge < -0.3 is 15.2 Å². The van der Waals surface area contributed by atoms with Crippen molar-refractivity contribution in [2.24, 2.45) is 0 Å². The number of unbranched alkanes of at least 4 members (excludes halogenated alkanes) is 2. The standard InChI is InChI=1S/C12H26N2O2/c1-12(13-5-3-2-4-8-15)11-14-6-9-16-10-7-14/h12-13,15H,2-11H2,1H3. The average molecular weight is 230 g/mol. The fraction of sp³-hybridized carbons (Fsp3) is 1.00. The Morgan fingerprint density at radius 1 is 1.25 bits per heavy atom. The molecular formula is C12H26N2O2. The maximum Gasteiger partial charge on any atom is 0.0594 e. The van der Waals surface area contributed by atoms with Gasteiger partial charge in [0.25, 0.3) is 0 Å². The Morgan fingerprint density at radius 2 is 2.00 bits per heavy atom. The number of ether oxygens (including phenoxy) is 1. The van der Waals surface area contributed by atoms with E-state index in [9.17, 15) is 0 Å². The lowest BCUT2D eigenvalue weighted by Gasteiger charge is -2.29.